The highest BCUT2D eigenvalue weighted by atomic mass is 16.2. The molecule has 0 spiro atoms. The number of piperidine rings is 1. The minimum Gasteiger partial charge on any atom is -0.354 e. The predicted octanol–water partition coefficient (Wildman–Crippen LogP) is 1.38. The number of carbonyl (C=O) groups is 2. The second kappa shape index (κ2) is 6.34. The quantitative estimate of drug-likeness (QED) is 0.892. The van der Waals surface area contributed by atoms with E-state index in [9.17, 15) is 9.59 Å². The van der Waals surface area contributed by atoms with Crippen LogP contribution in [0.4, 0.5) is 0 Å². The summed E-state index contributed by atoms with van der Waals surface area (Å²) in [7, 11) is 0. The lowest BCUT2D eigenvalue weighted by Gasteiger charge is -2.41. The molecule has 6 heteroatoms. The summed E-state index contributed by atoms with van der Waals surface area (Å²) in [6.07, 6.45) is 7.23. The lowest BCUT2D eigenvalue weighted by molar-refractivity contribution is -0.142. The Morgan fingerprint density at radius 1 is 1.30 bits per heavy atom. The summed E-state index contributed by atoms with van der Waals surface area (Å²) in [6.45, 7) is 5.80. The maximum Gasteiger partial charge on any atom is 0.248 e. The Morgan fingerprint density at radius 2 is 2.00 bits per heavy atom. The van der Waals surface area contributed by atoms with Gasteiger partial charge >= 0.3 is 0 Å². The first-order chi connectivity index (χ1) is 11.0. The van der Waals surface area contributed by atoms with Crippen molar-refractivity contribution in [2.24, 2.45) is 11.8 Å². The number of aromatic nitrogens is 2. The van der Waals surface area contributed by atoms with Crippen LogP contribution in [-0.2, 0) is 15.1 Å². The summed E-state index contributed by atoms with van der Waals surface area (Å²) < 4.78 is 1.78. The molecule has 2 heterocycles. The Balaban J connectivity index is 1.73. The fourth-order valence-electron chi connectivity index (χ4n) is 3.27. The maximum absolute atomic E-state index is 12.9. The van der Waals surface area contributed by atoms with E-state index in [4.69, 9.17) is 0 Å². The van der Waals surface area contributed by atoms with Gasteiger partial charge in [-0.2, -0.15) is 5.10 Å². The summed E-state index contributed by atoms with van der Waals surface area (Å²) in [4.78, 5) is 27.0. The molecule has 1 saturated heterocycles. The monoisotopic (exact) mass is 318 g/mol. The average Bonchev–Trinajstić information content (AvgIpc) is 3.22. The van der Waals surface area contributed by atoms with Crippen LogP contribution in [0, 0.1) is 11.8 Å². The number of nitrogens with zero attached hydrogens (tertiary/aromatic N) is 3. The zero-order chi connectivity index (χ0) is 16.4. The minimum absolute atomic E-state index is 0.00380. The summed E-state index contributed by atoms with van der Waals surface area (Å²) in [5.74, 6) is 0.856. The van der Waals surface area contributed by atoms with E-state index in [1.165, 1.54) is 12.8 Å². The highest BCUT2D eigenvalue weighted by molar-refractivity contribution is 5.85. The largest absolute Gasteiger partial charge is 0.354 e. The van der Waals surface area contributed by atoms with E-state index < -0.39 is 5.54 Å². The van der Waals surface area contributed by atoms with Gasteiger partial charge in [-0.25, -0.2) is 0 Å². The number of nitrogens with one attached hydrogen (secondary N) is 1. The lowest BCUT2D eigenvalue weighted by atomic mass is 9.86. The van der Waals surface area contributed by atoms with Gasteiger partial charge in [-0.3, -0.25) is 14.3 Å². The van der Waals surface area contributed by atoms with Gasteiger partial charge in [0, 0.05) is 37.9 Å². The molecule has 0 atom stereocenters. The molecule has 1 N–H and O–H groups in total. The van der Waals surface area contributed by atoms with Crippen molar-refractivity contribution in [3.8, 4) is 0 Å². The van der Waals surface area contributed by atoms with Crippen LogP contribution in [0.25, 0.3) is 0 Å². The Kier molecular flexibility index (Phi) is 4.41. The molecule has 1 aliphatic heterocycles. The van der Waals surface area contributed by atoms with Gasteiger partial charge in [-0.1, -0.05) is 13.8 Å². The van der Waals surface area contributed by atoms with E-state index in [1.807, 2.05) is 31.0 Å². The third-order valence-corrected chi connectivity index (χ3v) is 5.01. The molecule has 0 bridgehead atoms. The van der Waals surface area contributed by atoms with E-state index in [0.29, 0.717) is 31.8 Å². The molecular weight excluding hydrogens is 292 g/mol. The smallest absolute Gasteiger partial charge is 0.248 e. The zero-order valence-electron chi connectivity index (χ0n) is 14.0. The second-order valence-corrected chi connectivity index (χ2v) is 7.12. The molecule has 1 saturated carbocycles. The molecule has 0 radical (unpaired) electrons. The zero-order valence-corrected chi connectivity index (χ0v) is 14.0. The fourth-order valence-corrected chi connectivity index (χ4v) is 3.27. The third-order valence-electron chi connectivity index (χ3n) is 5.01. The van der Waals surface area contributed by atoms with Crippen LogP contribution in [0.1, 0.15) is 39.5 Å². The first-order valence-corrected chi connectivity index (χ1v) is 8.60. The van der Waals surface area contributed by atoms with E-state index >= 15 is 0 Å². The number of carbonyl (C=O) groups excluding carboxylic acids is 2. The molecule has 23 heavy (non-hydrogen) atoms. The second-order valence-electron chi connectivity index (χ2n) is 7.12. The van der Waals surface area contributed by atoms with Crippen molar-refractivity contribution in [1.29, 1.82) is 0 Å². The van der Waals surface area contributed by atoms with Gasteiger partial charge in [0.15, 0.2) is 0 Å². The third kappa shape index (κ3) is 3.26. The predicted molar refractivity (Wildman–Crippen MR) is 86.6 cm³/mol. The summed E-state index contributed by atoms with van der Waals surface area (Å²) in [5, 5.41) is 7.44. The molecule has 1 aromatic rings. The molecule has 1 aromatic heterocycles. The number of likely N-dealkylation sites (tertiary alicyclic amines) is 1. The van der Waals surface area contributed by atoms with Gasteiger partial charge in [0.25, 0.3) is 0 Å². The number of amides is 2. The van der Waals surface area contributed by atoms with Gasteiger partial charge in [0.1, 0.15) is 5.54 Å². The van der Waals surface area contributed by atoms with Gasteiger partial charge < -0.3 is 10.2 Å². The van der Waals surface area contributed by atoms with Crippen molar-refractivity contribution in [3.05, 3.63) is 18.5 Å². The number of rotatable bonds is 5. The SMILES string of the molecule is CC(C)C(=O)N1CCC(C(=O)NCC2CC2)(n2cccn2)CC1. The summed E-state index contributed by atoms with van der Waals surface area (Å²) in [5.41, 5.74) is -0.661. The van der Waals surface area contributed by atoms with Crippen LogP contribution in [-0.4, -0.2) is 46.1 Å². The minimum atomic E-state index is -0.661. The standard InChI is InChI=1S/C17H26N4O2/c1-13(2)15(22)20-10-6-17(7-11-20,21-9-3-8-19-21)16(23)18-12-14-4-5-14/h3,8-9,13-14H,4-7,10-12H2,1-2H3,(H,18,23). The van der Waals surface area contributed by atoms with Crippen LogP contribution >= 0.6 is 0 Å². The van der Waals surface area contributed by atoms with Crippen LogP contribution in [0.2, 0.25) is 0 Å². The number of hydrogen-bond donors (Lipinski definition) is 1. The molecule has 0 unspecified atom stereocenters. The Labute approximate surface area is 137 Å². The van der Waals surface area contributed by atoms with Crippen LogP contribution in [0.5, 0.6) is 0 Å². The van der Waals surface area contributed by atoms with E-state index in [2.05, 4.69) is 10.4 Å². The van der Waals surface area contributed by atoms with Crippen molar-refractivity contribution < 1.29 is 9.59 Å². The molecule has 2 amide bonds. The lowest BCUT2D eigenvalue weighted by Crippen LogP contribution is -2.56. The first kappa shape index (κ1) is 16.0. The first-order valence-electron chi connectivity index (χ1n) is 8.60. The van der Waals surface area contributed by atoms with Crippen molar-refractivity contribution in [2.75, 3.05) is 19.6 Å². The molecule has 2 fully saturated rings. The summed E-state index contributed by atoms with van der Waals surface area (Å²) >= 11 is 0. The van der Waals surface area contributed by atoms with Crippen LogP contribution < -0.4 is 5.32 Å². The van der Waals surface area contributed by atoms with Gasteiger partial charge in [-0.15, -0.1) is 0 Å². The maximum atomic E-state index is 12.9. The van der Waals surface area contributed by atoms with Crippen molar-refractivity contribution >= 4 is 11.8 Å². The highest BCUT2D eigenvalue weighted by Crippen LogP contribution is 2.32. The number of hydrogen-bond acceptors (Lipinski definition) is 3. The average molecular weight is 318 g/mol. The Morgan fingerprint density at radius 3 is 2.52 bits per heavy atom. The van der Waals surface area contributed by atoms with E-state index in [-0.39, 0.29) is 17.7 Å². The fraction of sp³-hybridized carbons (Fsp3) is 0.706. The highest BCUT2D eigenvalue weighted by Gasteiger charge is 2.44. The molecule has 1 aliphatic carbocycles. The van der Waals surface area contributed by atoms with Gasteiger partial charge in [0.05, 0.1) is 0 Å². The molecule has 6 nitrogen and oxygen atoms in total. The molecule has 126 valence electrons. The van der Waals surface area contributed by atoms with Gasteiger partial charge in [0.2, 0.25) is 11.8 Å². The molecule has 0 aromatic carbocycles. The Bertz CT molecular complexity index is 555. The van der Waals surface area contributed by atoms with E-state index in [1.54, 1.807) is 10.9 Å². The Hall–Kier alpha value is -1.85. The molecule has 2 aliphatic rings. The van der Waals surface area contributed by atoms with Crippen LogP contribution in [0.15, 0.2) is 18.5 Å². The summed E-state index contributed by atoms with van der Waals surface area (Å²) in [6, 6.07) is 1.85. The van der Waals surface area contributed by atoms with Crippen molar-refractivity contribution in [2.45, 2.75) is 45.1 Å². The van der Waals surface area contributed by atoms with E-state index in [0.717, 1.165) is 6.54 Å². The molecular formula is C17H26N4O2. The van der Waals surface area contributed by atoms with Gasteiger partial charge in [-0.05, 0) is 37.7 Å². The molecule has 3 rings (SSSR count). The normalized spacial score (nSPS) is 20.6. The van der Waals surface area contributed by atoms with Crippen molar-refractivity contribution in [1.82, 2.24) is 20.0 Å². The van der Waals surface area contributed by atoms with Crippen LogP contribution in [0.3, 0.4) is 0 Å². The topological polar surface area (TPSA) is 67.2 Å². The van der Waals surface area contributed by atoms with Crippen molar-refractivity contribution in [3.63, 3.8) is 0 Å².